The summed E-state index contributed by atoms with van der Waals surface area (Å²) in [6.07, 6.45) is 4.47. The lowest BCUT2D eigenvalue weighted by molar-refractivity contribution is -0.139. The Morgan fingerprint density at radius 3 is 2.53 bits per heavy atom. The molecule has 1 fully saturated rings. The van der Waals surface area contributed by atoms with Gasteiger partial charge in [0, 0.05) is 5.57 Å². The molecule has 1 atom stereocenters. The summed E-state index contributed by atoms with van der Waals surface area (Å²) >= 11 is 0. The van der Waals surface area contributed by atoms with E-state index in [9.17, 15) is 14.3 Å². The minimum atomic E-state index is -4.06. The second-order valence-electron chi connectivity index (χ2n) is 4.58. The van der Waals surface area contributed by atoms with Gasteiger partial charge < -0.3 is 9.63 Å². The fourth-order valence-corrected chi connectivity index (χ4v) is 2.75. The Labute approximate surface area is 113 Å². The lowest BCUT2D eigenvalue weighted by Gasteiger charge is -2.23. The first-order valence-corrected chi connectivity index (χ1v) is 7.88. The first-order valence-electron chi connectivity index (χ1n) is 6.39. The third-order valence-electron chi connectivity index (χ3n) is 2.75. The topological polar surface area (TPSA) is 82.1 Å². The standard InChI is InChI=1S/C12H21O6P/c1-10(2)12(13)16-8-9-17-19(14,15)18-11-6-4-3-5-7-11/h11H,1,3-9H2,2H3,(H,14,15). The Kier molecular flexibility index (Phi) is 6.72. The highest BCUT2D eigenvalue weighted by Crippen LogP contribution is 2.46. The van der Waals surface area contributed by atoms with Crippen LogP contribution in [0.1, 0.15) is 39.0 Å². The molecule has 1 N–H and O–H groups in total. The van der Waals surface area contributed by atoms with Gasteiger partial charge in [-0.05, 0) is 19.8 Å². The van der Waals surface area contributed by atoms with Gasteiger partial charge in [0.2, 0.25) is 0 Å². The summed E-state index contributed by atoms with van der Waals surface area (Å²) in [5.41, 5.74) is 0.269. The number of carbonyl (C=O) groups excluding carboxylic acids is 1. The summed E-state index contributed by atoms with van der Waals surface area (Å²) < 4.78 is 26.2. The van der Waals surface area contributed by atoms with Gasteiger partial charge in [0.15, 0.2) is 0 Å². The molecule has 6 nitrogen and oxygen atoms in total. The molecular formula is C12H21O6P. The van der Waals surface area contributed by atoms with Gasteiger partial charge in [-0.25, -0.2) is 9.36 Å². The van der Waals surface area contributed by atoms with Crippen LogP contribution >= 0.6 is 7.82 Å². The second-order valence-corrected chi connectivity index (χ2v) is 5.99. The van der Waals surface area contributed by atoms with Gasteiger partial charge in [-0.15, -0.1) is 0 Å². The van der Waals surface area contributed by atoms with Crippen LogP contribution in [0.5, 0.6) is 0 Å². The Bertz CT molecular complexity index is 361. The van der Waals surface area contributed by atoms with Gasteiger partial charge in [-0.2, -0.15) is 0 Å². The van der Waals surface area contributed by atoms with E-state index in [-0.39, 0.29) is 24.9 Å². The van der Waals surface area contributed by atoms with Crippen molar-refractivity contribution in [3.05, 3.63) is 12.2 Å². The van der Waals surface area contributed by atoms with Crippen molar-refractivity contribution in [1.82, 2.24) is 0 Å². The van der Waals surface area contributed by atoms with Gasteiger partial charge in [0.05, 0.1) is 12.7 Å². The van der Waals surface area contributed by atoms with E-state index >= 15 is 0 Å². The zero-order valence-electron chi connectivity index (χ0n) is 11.2. The van der Waals surface area contributed by atoms with Crippen LogP contribution < -0.4 is 0 Å². The van der Waals surface area contributed by atoms with Gasteiger partial charge >= 0.3 is 13.8 Å². The van der Waals surface area contributed by atoms with Crippen molar-refractivity contribution >= 4 is 13.8 Å². The van der Waals surface area contributed by atoms with Crippen LogP contribution in [0.3, 0.4) is 0 Å². The van der Waals surface area contributed by atoms with E-state index in [1.54, 1.807) is 0 Å². The number of esters is 1. The van der Waals surface area contributed by atoms with Gasteiger partial charge in [-0.3, -0.25) is 9.05 Å². The number of hydrogen-bond donors (Lipinski definition) is 1. The van der Waals surface area contributed by atoms with Crippen LogP contribution in [0.15, 0.2) is 12.2 Å². The molecule has 19 heavy (non-hydrogen) atoms. The molecule has 0 amide bonds. The van der Waals surface area contributed by atoms with Crippen molar-refractivity contribution in [3.8, 4) is 0 Å². The number of phosphoric acid groups is 1. The average molecular weight is 292 g/mol. The highest BCUT2D eigenvalue weighted by Gasteiger charge is 2.27. The maximum Gasteiger partial charge on any atom is 0.472 e. The molecule has 0 spiro atoms. The highest BCUT2D eigenvalue weighted by atomic mass is 31.2. The minimum Gasteiger partial charge on any atom is -0.460 e. The molecule has 110 valence electrons. The van der Waals surface area contributed by atoms with Crippen molar-refractivity contribution in [3.63, 3.8) is 0 Å². The van der Waals surface area contributed by atoms with Gasteiger partial charge in [0.25, 0.3) is 0 Å². The third kappa shape index (κ3) is 6.87. The SMILES string of the molecule is C=C(C)C(=O)OCCOP(=O)(O)OC1CCCCC1. The summed E-state index contributed by atoms with van der Waals surface area (Å²) in [7, 11) is -4.06. The first kappa shape index (κ1) is 16.4. The van der Waals surface area contributed by atoms with Crippen molar-refractivity contribution < 1.29 is 28.0 Å². The van der Waals surface area contributed by atoms with Crippen LogP contribution in [0.2, 0.25) is 0 Å². The molecule has 0 aliphatic heterocycles. The van der Waals surface area contributed by atoms with Crippen LogP contribution in [0.25, 0.3) is 0 Å². The van der Waals surface area contributed by atoms with Crippen LogP contribution in [-0.4, -0.2) is 30.2 Å². The molecule has 0 saturated heterocycles. The second kappa shape index (κ2) is 7.80. The lowest BCUT2D eigenvalue weighted by atomic mass is 9.98. The average Bonchev–Trinajstić information content (AvgIpc) is 2.35. The zero-order valence-corrected chi connectivity index (χ0v) is 12.1. The molecule has 1 saturated carbocycles. The Morgan fingerprint density at radius 2 is 1.95 bits per heavy atom. The summed E-state index contributed by atoms with van der Waals surface area (Å²) in [6, 6.07) is 0. The molecule has 7 heteroatoms. The van der Waals surface area contributed by atoms with E-state index < -0.39 is 13.8 Å². The van der Waals surface area contributed by atoms with E-state index in [1.165, 1.54) is 6.92 Å². The first-order chi connectivity index (χ1) is 8.91. The van der Waals surface area contributed by atoms with Gasteiger partial charge in [-0.1, -0.05) is 25.8 Å². The van der Waals surface area contributed by atoms with E-state index in [0.29, 0.717) is 0 Å². The molecule has 1 unspecified atom stereocenters. The largest absolute Gasteiger partial charge is 0.472 e. The highest BCUT2D eigenvalue weighted by molar-refractivity contribution is 7.47. The molecule has 1 rings (SSSR count). The Morgan fingerprint density at radius 1 is 1.32 bits per heavy atom. The normalized spacial score (nSPS) is 19.7. The molecule has 1 aliphatic carbocycles. The number of rotatable bonds is 7. The quantitative estimate of drug-likeness (QED) is 0.336. The maximum absolute atomic E-state index is 11.6. The van der Waals surface area contributed by atoms with Crippen molar-refractivity contribution in [2.45, 2.75) is 45.1 Å². The predicted octanol–water partition coefficient (Wildman–Crippen LogP) is 2.57. The van der Waals surface area contributed by atoms with Crippen molar-refractivity contribution in [2.24, 2.45) is 0 Å². The fraction of sp³-hybridized carbons (Fsp3) is 0.750. The van der Waals surface area contributed by atoms with Crippen molar-refractivity contribution in [2.75, 3.05) is 13.2 Å². The smallest absolute Gasteiger partial charge is 0.460 e. The number of hydrogen-bond acceptors (Lipinski definition) is 5. The van der Waals surface area contributed by atoms with E-state index in [0.717, 1.165) is 32.1 Å². The Hall–Kier alpha value is -0.680. The predicted molar refractivity (Wildman–Crippen MR) is 69.5 cm³/mol. The van der Waals surface area contributed by atoms with Gasteiger partial charge in [0.1, 0.15) is 6.61 Å². The van der Waals surface area contributed by atoms with E-state index in [4.69, 9.17) is 13.8 Å². The molecular weight excluding hydrogens is 271 g/mol. The fourth-order valence-electron chi connectivity index (χ4n) is 1.80. The van der Waals surface area contributed by atoms with Crippen LogP contribution in [0, 0.1) is 0 Å². The van der Waals surface area contributed by atoms with Crippen LogP contribution in [0.4, 0.5) is 0 Å². The lowest BCUT2D eigenvalue weighted by Crippen LogP contribution is -2.17. The maximum atomic E-state index is 11.6. The van der Waals surface area contributed by atoms with Crippen LogP contribution in [-0.2, 0) is 23.1 Å². The zero-order chi connectivity index (χ0) is 14.3. The summed E-state index contributed by atoms with van der Waals surface area (Å²) in [5.74, 6) is -0.551. The third-order valence-corrected chi connectivity index (χ3v) is 3.83. The Balaban J connectivity index is 2.20. The summed E-state index contributed by atoms with van der Waals surface area (Å²) in [6.45, 7) is 4.65. The summed E-state index contributed by atoms with van der Waals surface area (Å²) in [5, 5.41) is 0. The van der Waals surface area contributed by atoms with E-state index in [2.05, 4.69) is 6.58 Å². The molecule has 0 aromatic rings. The summed E-state index contributed by atoms with van der Waals surface area (Å²) in [4.78, 5) is 20.5. The molecule has 0 heterocycles. The van der Waals surface area contributed by atoms with Crippen molar-refractivity contribution in [1.29, 1.82) is 0 Å². The monoisotopic (exact) mass is 292 g/mol. The molecule has 0 aromatic carbocycles. The number of carbonyl (C=O) groups is 1. The molecule has 0 bridgehead atoms. The number of phosphoric ester groups is 1. The molecule has 1 aliphatic rings. The molecule has 0 aromatic heterocycles. The minimum absolute atomic E-state index is 0.107. The van der Waals surface area contributed by atoms with E-state index in [1.807, 2.05) is 0 Å². The number of ether oxygens (including phenoxy) is 1. The molecule has 0 radical (unpaired) electrons.